The molecular formula is C15H14N2O3. The molecule has 1 aliphatic heterocycles. The monoisotopic (exact) mass is 270 g/mol. The third-order valence-corrected chi connectivity index (χ3v) is 3.16. The van der Waals surface area contributed by atoms with Crippen LogP contribution < -0.4 is 9.64 Å². The number of aromatic nitrogens is 1. The number of fused-ring (bicyclic) bond motifs is 1. The van der Waals surface area contributed by atoms with Crippen molar-refractivity contribution in [3.8, 4) is 11.5 Å². The summed E-state index contributed by atoms with van der Waals surface area (Å²) >= 11 is 0. The van der Waals surface area contributed by atoms with Crippen LogP contribution in [0.15, 0.2) is 42.7 Å². The molecule has 3 rings (SSSR count). The summed E-state index contributed by atoms with van der Waals surface area (Å²) in [6.07, 6.45) is 3.51. The first-order valence-corrected chi connectivity index (χ1v) is 6.43. The molecule has 0 saturated carbocycles. The topological polar surface area (TPSA) is 62.7 Å². The van der Waals surface area contributed by atoms with Crippen LogP contribution in [0.1, 0.15) is 16.8 Å². The number of pyridine rings is 1. The van der Waals surface area contributed by atoms with Crippen LogP contribution in [-0.4, -0.2) is 29.1 Å². The molecule has 1 aliphatic rings. The maximum absolute atomic E-state index is 12.6. The molecule has 5 heteroatoms. The lowest BCUT2D eigenvalue weighted by atomic mass is 10.2. The van der Waals surface area contributed by atoms with Crippen molar-refractivity contribution in [1.29, 1.82) is 0 Å². The van der Waals surface area contributed by atoms with E-state index >= 15 is 0 Å². The van der Waals surface area contributed by atoms with Gasteiger partial charge in [0.15, 0.2) is 0 Å². The highest BCUT2D eigenvalue weighted by atomic mass is 16.5. The minimum Gasteiger partial charge on any atom is -0.506 e. The molecule has 0 aliphatic carbocycles. The van der Waals surface area contributed by atoms with Gasteiger partial charge in [-0.25, -0.2) is 0 Å². The zero-order valence-electron chi connectivity index (χ0n) is 10.8. The van der Waals surface area contributed by atoms with Gasteiger partial charge in [0.25, 0.3) is 5.91 Å². The second kappa shape index (κ2) is 5.21. The average Bonchev–Trinajstić information content (AvgIpc) is 2.69. The fourth-order valence-corrected chi connectivity index (χ4v) is 2.24. The van der Waals surface area contributed by atoms with Gasteiger partial charge in [-0.2, -0.15) is 0 Å². The Labute approximate surface area is 116 Å². The molecule has 5 nitrogen and oxygen atoms in total. The van der Waals surface area contributed by atoms with Crippen molar-refractivity contribution in [1.82, 2.24) is 4.98 Å². The number of carbonyl (C=O) groups is 1. The second-order valence-corrected chi connectivity index (χ2v) is 4.56. The van der Waals surface area contributed by atoms with E-state index in [0.29, 0.717) is 24.5 Å². The summed E-state index contributed by atoms with van der Waals surface area (Å²) in [6, 6.07) is 8.87. The molecule has 0 atom stereocenters. The van der Waals surface area contributed by atoms with Gasteiger partial charge in [0, 0.05) is 12.7 Å². The summed E-state index contributed by atoms with van der Waals surface area (Å²) in [6.45, 7) is 1.16. The van der Waals surface area contributed by atoms with Gasteiger partial charge in [0.05, 0.1) is 24.1 Å². The Bertz CT molecular complexity index is 643. The molecular weight excluding hydrogens is 256 g/mol. The second-order valence-electron chi connectivity index (χ2n) is 4.56. The van der Waals surface area contributed by atoms with Crippen molar-refractivity contribution in [2.45, 2.75) is 6.42 Å². The van der Waals surface area contributed by atoms with Crippen molar-refractivity contribution >= 4 is 11.6 Å². The van der Waals surface area contributed by atoms with Crippen LogP contribution in [-0.2, 0) is 0 Å². The maximum atomic E-state index is 12.6. The van der Waals surface area contributed by atoms with E-state index in [-0.39, 0.29) is 11.7 Å². The smallest absolute Gasteiger partial charge is 0.260 e. The Kier molecular flexibility index (Phi) is 3.25. The van der Waals surface area contributed by atoms with Crippen LogP contribution in [0, 0.1) is 0 Å². The van der Waals surface area contributed by atoms with Gasteiger partial charge in [0.1, 0.15) is 11.5 Å². The number of amides is 1. The number of aromatic hydroxyl groups is 1. The first kappa shape index (κ1) is 12.5. The summed E-state index contributed by atoms with van der Waals surface area (Å²) < 4.78 is 5.63. The molecule has 0 unspecified atom stereocenters. The minimum absolute atomic E-state index is 0.0183. The standard InChI is InChI=1S/C15H14N2O3/c18-12-8-11(9-16-10-12)15(19)17-6-3-7-20-14-5-2-1-4-13(14)17/h1-2,4-5,8-10,18H,3,6-7H2. The average molecular weight is 270 g/mol. The van der Waals surface area contributed by atoms with Crippen LogP contribution in [0.2, 0.25) is 0 Å². The van der Waals surface area contributed by atoms with Crippen molar-refractivity contribution in [2.24, 2.45) is 0 Å². The van der Waals surface area contributed by atoms with E-state index in [1.54, 1.807) is 4.90 Å². The van der Waals surface area contributed by atoms with E-state index in [1.165, 1.54) is 18.5 Å². The highest BCUT2D eigenvalue weighted by Crippen LogP contribution is 2.31. The number of rotatable bonds is 1. The van der Waals surface area contributed by atoms with E-state index in [4.69, 9.17) is 4.74 Å². The number of anilines is 1. The maximum Gasteiger partial charge on any atom is 0.260 e. The van der Waals surface area contributed by atoms with Crippen LogP contribution in [0.25, 0.3) is 0 Å². The number of carbonyl (C=O) groups excluding carboxylic acids is 1. The van der Waals surface area contributed by atoms with E-state index in [0.717, 1.165) is 12.1 Å². The highest BCUT2D eigenvalue weighted by molar-refractivity contribution is 6.06. The summed E-state index contributed by atoms with van der Waals surface area (Å²) in [5.74, 6) is 0.494. The molecule has 20 heavy (non-hydrogen) atoms. The van der Waals surface area contributed by atoms with Crippen molar-refractivity contribution in [3.63, 3.8) is 0 Å². The number of benzene rings is 1. The largest absolute Gasteiger partial charge is 0.506 e. The number of hydrogen-bond donors (Lipinski definition) is 1. The molecule has 0 bridgehead atoms. The predicted octanol–water partition coefficient (Wildman–Crippen LogP) is 2.22. The fourth-order valence-electron chi connectivity index (χ4n) is 2.24. The Hall–Kier alpha value is -2.56. The molecule has 1 aromatic heterocycles. The highest BCUT2D eigenvalue weighted by Gasteiger charge is 2.23. The van der Waals surface area contributed by atoms with Crippen molar-refractivity contribution < 1.29 is 14.6 Å². The summed E-state index contributed by atoms with van der Waals surface area (Å²) in [7, 11) is 0. The normalized spacial score (nSPS) is 14.1. The first-order valence-electron chi connectivity index (χ1n) is 6.43. The van der Waals surface area contributed by atoms with Gasteiger partial charge in [-0.05, 0) is 24.6 Å². The number of nitrogens with zero attached hydrogens (tertiary/aromatic N) is 2. The molecule has 2 heterocycles. The van der Waals surface area contributed by atoms with E-state index in [1.807, 2.05) is 24.3 Å². The minimum atomic E-state index is -0.189. The molecule has 0 spiro atoms. The SMILES string of the molecule is O=C(c1cncc(O)c1)N1CCCOc2ccccc21. The van der Waals surface area contributed by atoms with Gasteiger partial charge >= 0.3 is 0 Å². The summed E-state index contributed by atoms with van der Waals surface area (Å²) in [4.78, 5) is 18.1. The van der Waals surface area contributed by atoms with E-state index < -0.39 is 0 Å². The molecule has 0 fully saturated rings. The lowest BCUT2D eigenvalue weighted by molar-refractivity contribution is 0.0986. The number of para-hydroxylation sites is 2. The number of hydrogen-bond acceptors (Lipinski definition) is 4. The lowest BCUT2D eigenvalue weighted by Gasteiger charge is -2.21. The van der Waals surface area contributed by atoms with Crippen LogP contribution >= 0.6 is 0 Å². The third-order valence-electron chi connectivity index (χ3n) is 3.16. The van der Waals surface area contributed by atoms with Crippen LogP contribution in [0.5, 0.6) is 11.5 Å². The molecule has 1 amide bonds. The van der Waals surface area contributed by atoms with Gasteiger partial charge in [-0.15, -0.1) is 0 Å². The zero-order chi connectivity index (χ0) is 13.9. The van der Waals surface area contributed by atoms with Gasteiger partial charge in [-0.1, -0.05) is 12.1 Å². The molecule has 2 aromatic rings. The predicted molar refractivity (Wildman–Crippen MR) is 74.1 cm³/mol. The van der Waals surface area contributed by atoms with Crippen LogP contribution in [0.4, 0.5) is 5.69 Å². The van der Waals surface area contributed by atoms with Crippen molar-refractivity contribution in [3.05, 3.63) is 48.3 Å². The Morgan fingerprint density at radius 1 is 1.30 bits per heavy atom. The molecule has 0 saturated heterocycles. The van der Waals surface area contributed by atoms with E-state index in [2.05, 4.69) is 4.98 Å². The summed E-state index contributed by atoms with van der Waals surface area (Å²) in [5.41, 5.74) is 1.11. The van der Waals surface area contributed by atoms with Crippen LogP contribution in [0.3, 0.4) is 0 Å². The van der Waals surface area contributed by atoms with Gasteiger partial charge < -0.3 is 14.7 Å². The third kappa shape index (κ3) is 2.30. The summed E-state index contributed by atoms with van der Waals surface area (Å²) in [5, 5.41) is 9.45. The first-order chi connectivity index (χ1) is 9.75. The lowest BCUT2D eigenvalue weighted by Crippen LogP contribution is -2.31. The van der Waals surface area contributed by atoms with E-state index in [9.17, 15) is 9.90 Å². The molecule has 1 aromatic carbocycles. The zero-order valence-corrected chi connectivity index (χ0v) is 10.8. The Morgan fingerprint density at radius 2 is 2.15 bits per heavy atom. The van der Waals surface area contributed by atoms with Gasteiger partial charge in [0.2, 0.25) is 0 Å². The van der Waals surface area contributed by atoms with Crippen molar-refractivity contribution in [2.75, 3.05) is 18.1 Å². The molecule has 1 N–H and O–H groups in total. The molecule has 0 radical (unpaired) electrons. The van der Waals surface area contributed by atoms with Gasteiger partial charge in [-0.3, -0.25) is 9.78 Å². The Morgan fingerprint density at radius 3 is 3.00 bits per heavy atom. The number of ether oxygens (including phenoxy) is 1. The fraction of sp³-hybridized carbons (Fsp3) is 0.200. The quantitative estimate of drug-likeness (QED) is 0.863. The molecule has 102 valence electrons. The Balaban J connectivity index is 1.99.